The minimum Gasteiger partial charge on any atom is -0.457 e. The summed E-state index contributed by atoms with van der Waals surface area (Å²) in [5.41, 5.74) is 4.65. The van der Waals surface area contributed by atoms with Gasteiger partial charge in [-0.3, -0.25) is 0 Å². The second-order valence-corrected chi connectivity index (χ2v) is 4.28. The molecule has 2 aromatic heterocycles. The van der Waals surface area contributed by atoms with Gasteiger partial charge >= 0.3 is 0 Å². The quantitative estimate of drug-likeness (QED) is 0.674. The Labute approximate surface area is 101 Å². The van der Waals surface area contributed by atoms with E-state index in [0.717, 1.165) is 30.7 Å². The van der Waals surface area contributed by atoms with Gasteiger partial charge in [-0.05, 0) is 42.3 Å². The Balaban J connectivity index is 1.48. The van der Waals surface area contributed by atoms with Gasteiger partial charge in [0.25, 0.3) is 0 Å². The molecule has 17 heavy (non-hydrogen) atoms. The number of hydrogen-bond donors (Lipinski definition) is 1. The number of furan rings is 2. The van der Waals surface area contributed by atoms with Crippen LogP contribution in [0.4, 0.5) is 0 Å². The van der Waals surface area contributed by atoms with E-state index in [1.54, 1.807) is 0 Å². The highest BCUT2D eigenvalue weighted by molar-refractivity contribution is 5.65. The Morgan fingerprint density at radius 1 is 1.00 bits per heavy atom. The maximum atomic E-state index is 5.50. The Morgan fingerprint density at radius 2 is 1.88 bits per heavy atom. The molecule has 0 radical (unpaired) electrons. The monoisotopic (exact) mass is 225 g/mol. The van der Waals surface area contributed by atoms with Crippen LogP contribution in [0.15, 0.2) is 52.9 Å². The Morgan fingerprint density at radius 3 is 2.59 bits per heavy atom. The summed E-state index contributed by atoms with van der Waals surface area (Å²) in [7, 11) is 0. The molecule has 0 unspecified atom stereocenters. The zero-order valence-corrected chi connectivity index (χ0v) is 9.65. The summed E-state index contributed by atoms with van der Waals surface area (Å²) in [6.45, 7) is 1.91. The maximum absolute atomic E-state index is 5.50. The first-order valence-corrected chi connectivity index (χ1v) is 5.97. The molecule has 3 rings (SSSR count). The van der Waals surface area contributed by atoms with E-state index in [1.165, 1.54) is 11.1 Å². The largest absolute Gasteiger partial charge is 0.457 e. The van der Waals surface area contributed by atoms with E-state index in [9.17, 15) is 0 Å². The van der Waals surface area contributed by atoms with Gasteiger partial charge in [0.2, 0.25) is 0 Å². The van der Waals surface area contributed by atoms with Crippen LogP contribution in [0.3, 0.4) is 0 Å². The molecule has 86 valence electrons. The lowest BCUT2D eigenvalue weighted by Crippen LogP contribution is -2.16. The minimum absolute atomic E-state index is 0.927. The molecule has 0 spiro atoms. The zero-order chi connectivity index (χ0) is 11.5. The van der Waals surface area contributed by atoms with Crippen LogP contribution in [0, 0.1) is 0 Å². The average molecular weight is 225 g/mol. The number of rotatable bonds is 5. The van der Waals surface area contributed by atoms with Crippen LogP contribution < -0.4 is 5.32 Å². The van der Waals surface area contributed by atoms with Crippen molar-refractivity contribution in [1.82, 2.24) is 5.32 Å². The van der Waals surface area contributed by atoms with Crippen molar-refractivity contribution in [1.29, 1.82) is 0 Å². The molecular formula is C15H15NO. The molecule has 0 aliphatic rings. The molecular weight excluding hydrogens is 210 g/mol. The number of fused-ring (bicyclic) bond motifs is 2. The molecule has 0 aliphatic carbocycles. The van der Waals surface area contributed by atoms with E-state index in [1.807, 2.05) is 18.2 Å². The van der Waals surface area contributed by atoms with Gasteiger partial charge in [0.15, 0.2) is 0 Å². The second kappa shape index (κ2) is 4.60. The van der Waals surface area contributed by atoms with E-state index in [4.69, 9.17) is 4.42 Å². The maximum Gasteiger partial charge on any atom is 0.130 e. The van der Waals surface area contributed by atoms with Crippen LogP contribution in [0.25, 0.3) is 11.2 Å². The van der Waals surface area contributed by atoms with Crippen LogP contribution in [-0.4, -0.2) is 6.54 Å². The molecule has 2 nitrogen and oxygen atoms in total. The van der Waals surface area contributed by atoms with Gasteiger partial charge in [-0.1, -0.05) is 30.3 Å². The Hall–Kier alpha value is -1.80. The molecule has 0 saturated carbocycles. The minimum atomic E-state index is 0.927. The van der Waals surface area contributed by atoms with Crippen LogP contribution in [0.1, 0.15) is 11.1 Å². The topological polar surface area (TPSA) is 25.2 Å². The van der Waals surface area contributed by atoms with Crippen LogP contribution in [-0.2, 0) is 13.0 Å². The van der Waals surface area contributed by atoms with Crippen molar-refractivity contribution in [3.63, 3.8) is 0 Å². The fourth-order valence-electron chi connectivity index (χ4n) is 2.09. The molecule has 2 heterocycles. The van der Waals surface area contributed by atoms with E-state index in [-0.39, 0.29) is 0 Å². The van der Waals surface area contributed by atoms with Gasteiger partial charge < -0.3 is 9.73 Å². The lowest BCUT2D eigenvalue weighted by Gasteiger charge is -2.03. The predicted molar refractivity (Wildman–Crippen MR) is 69.3 cm³/mol. The molecule has 1 N–H and O–H groups in total. The van der Waals surface area contributed by atoms with Gasteiger partial charge in [0.1, 0.15) is 11.2 Å². The van der Waals surface area contributed by atoms with E-state index in [2.05, 4.69) is 35.6 Å². The summed E-state index contributed by atoms with van der Waals surface area (Å²) in [6, 6.07) is 16.6. The second-order valence-electron chi connectivity index (χ2n) is 4.28. The third kappa shape index (κ3) is 2.32. The standard InChI is InChI=1S/C15H15NO/c1-2-4-12(5-3-1)11-16-9-8-13-10-14-6-7-15(13)17-14/h1-7,10,16H,8-9,11H2. The van der Waals surface area contributed by atoms with Gasteiger partial charge in [-0.15, -0.1) is 0 Å². The Bertz CT molecular complexity index is 570. The molecule has 2 heteroatoms. The van der Waals surface area contributed by atoms with Gasteiger partial charge in [0.05, 0.1) is 0 Å². The number of nitrogens with one attached hydrogen (secondary N) is 1. The number of hydrogen-bond acceptors (Lipinski definition) is 2. The lowest BCUT2D eigenvalue weighted by atomic mass is 10.1. The summed E-state index contributed by atoms with van der Waals surface area (Å²) in [6.07, 6.45) is 1.02. The van der Waals surface area contributed by atoms with Gasteiger partial charge in [-0.25, -0.2) is 0 Å². The van der Waals surface area contributed by atoms with Crippen molar-refractivity contribution in [3.8, 4) is 0 Å². The van der Waals surface area contributed by atoms with Crippen LogP contribution >= 0.6 is 0 Å². The van der Waals surface area contributed by atoms with Gasteiger partial charge in [-0.2, -0.15) is 0 Å². The van der Waals surface area contributed by atoms with E-state index < -0.39 is 0 Å². The van der Waals surface area contributed by atoms with Crippen molar-refractivity contribution in [2.24, 2.45) is 0 Å². The molecule has 0 saturated heterocycles. The third-order valence-electron chi connectivity index (χ3n) is 3.00. The summed E-state index contributed by atoms with van der Waals surface area (Å²) in [5.74, 6) is 0. The molecule has 3 aromatic rings. The average Bonchev–Trinajstić information content (AvgIpc) is 2.98. The number of benzene rings is 2. The molecule has 0 amide bonds. The summed E-state index contributed by atoms with van der Waals surface area (Å²) in [4.78, 5) is 0. The molecule has 1 aromatic carbocycles. The molecule has 2 bridgehead atoms. The van der Waals surface area contributed by atoms with Crippen molar-refractivity contribution in [2.45, 2.75) is 13.0 Å². The normalized spacial score (nSPS) is 11.3. The third-order valence-corrected chi connectivity index (χ3v) is 3.00. The van der Waals surface area contributed by atoms with Crippen molar-refractivity contribution in [3.05, 3.63) is 59.7 Å². The van der Waals surface area contributed by atoms with Crippen molar-refractivity contribution < 1.29 is 4.42 Å². The first-order chi connectivity index (χ1) is 8.42. The van der Waals surface area contributed by atoms with Crippen molar-refractivity contribution >= 4 is 11.2 Å². The smallest absolute Gasteiger partial charge is 0.130 e. The molecule has 0 fully saturated rings. The summed E-state index contributed by atoms with van der Waals surface area (Å²) < 4.78 is 5.50. The van der Waals surface area contributed by atoms with E-state index >= 15 is 0 Å². The Kier molecular flexibility index (Phi) is 2.80. The summed E-state index contributed by atoms with van der Waals surface area (Å²) >= 11 is 0. The lowest BCUT2D eigenvalue weighted by molar-refractivity contribution is 0.663. The first kappa shape index (κ1) is 10.4. The van der Waals surface area contributed by atoms with E-state index in [0.29, 0.717) is 0 Å². The SMILES string of the molecule is c1ccc(CNCCc2cc3ccc2o3)cc1. The van der Waals surface area contributed by atoms with Crippen LogP contribution in [0.5, 0.6) is 0 Å². The fourth-order valence-corrected chi connectivity index (χ4v) is 2.09. The first-order valence-electron chi connectivity index (χ1n) is 5.97. The zero-order valence-electron chi connectivity index (χ0n) is 9.65. The highest BCUT2D eigenvalue weighted by Gasteiger charge is 2.05. The molecule has 0 aliphatic heterocycles. The van der Waals surface area contributed by atoms with Crippen LogP contribution in [0.2, 0.25) is 0 Å². The highest BCUT2D eigenvalue weighted by Crippen LogP contribution is 2.21. The highest BCUT2D eigenvalue weighted by atomic mass is 16.3. The summed E-state index contributed by atoms with van der Waals surface area (Å²) in [5, 5.41) is 3.44. The fraction of sp³-hybridized carbons (Fsp3) is 0.200. The molecule has 0 atom stereocenters. The van der Waals surface area contributed by atoms with Gasteiger partial charge in [0, 0.05) is 6.54 Å². The predicted octanol–water partition coefficient (Wildman–Crippen LogP) is 3.20. The van der Waals surface area contributed by atoms with Crippen molar-refractivity contribution in [2.75, 3.05) is 6.54 Å².